The molecule has 3 aliphatic rings. The third-order valence-electron chi connectivity index (χ3n) is 19.1. The molecule has 3 heterocycles. The fourth-order valence-corrected chi connectivity index (χ4v) is 12.6. The van der Waals surface area contributed by atoms with Crippen LogP contribution in [0.4, 0.5) is 0 Å². The van der Waals surface area contributed by atoms with Crippen LogP contribution in [-0.4, -0.2) is 193 Å². The summed E-state index contributed by atoms with van der Waals surface area (Å²) in [7, 11) is 0. The number of nitrogens with one attached hydrogen (secondary N) is 1. The zero-order chi connectivity index (χ0) is 76.7. The maximum Gasteiger partial charge on any atom is 0.220 e. The summed E-state index contributed by atoms with van der Waals surface area (Å²) in [6, 6.07) is -1.01. The molecule has 0 aliphatic carbocycles. The van der Waals surface area contributed by atoms with Crippen LogP contribution in [0.3, 0.4) is 0 Å². The fourth-order valence-electron chi connectivity index (χ4n) is 12.6. The van der Waals surface area contributed by atoms with Crippen molar-refractivity contribution in [3.63, 3.8) is 0 Å². The van der Waals surface area contributed by atoms with Crippen molar-refractivity contribution >= 4 is 5.91 Å². The van der Waals surface area contributed by atoms with Gasteiger partial charge in [-0.2, -0.15) is 0 Å². The SMILES string of the molecule is CC/C=C\C/C=C\C/C=C\C/C=C\C/C=C\C/C=C\C/C=C\C/C=C\C/C=C\C/C=C\C/C=C\CCCCCCCCCC(=O)NC(COC1OC(CO)C(OC2OC(CO)C(OC3OC(CO)C(O)C(O)C3O)C(O)C2O)C(O)C1O)C(O)/C=C/CC/C=C/CCCCCCCCCCCCCCCC. The number of unbranched alkanes of at least 4 members (excludes halogenated alkanes) is 22. The lowest BCUT2D eigenvalue weighted by atomic mass is 9.96. The first-order chi connectivity index (χ1) is 51.8. The van der Waals surface area contributed by atoms with Gasteiger partial charge in [-0.15, -0.1) is 0 Å². The van der Waals surface area contributed by atoms with Crippen LogP contribution in [0.5, 0.6) is 0 Å². The van der Waals surface area contributed by atoms with E-state index in [1.807, 2.05) is 6.08 Å². The van der Waals surface area contributed by atoms with Gasteiger partial charge in [0.05, 0.1) is 38.6 Å². The fraction of sp³-hybridized carbons (Fsp3) is 0.690. The smallest absolute Gasteiger partial charge is 0.220 e. The lowest BCUT2D eigenvalue weighted by molar-refractivity contribution is -0.379. The summed E-state index contributed by atoms with van der Waals surface area (Å²) in [5, 5.41) is 121. The molecule has 0 spiro atoms. The van der Waals surface area contributed by atoms with Crippen molar-refractivity contribution in [1.29, 1.82) is 0 Å². The Balaban J connectivity index is 1.36. The maximum absolute atomic E-state index is 13.5. The summed E-state index contributed by atoms with van der Waals surface area (Å²) < 4.78 is 34.4. The zero-order valence-electron chi connectivity index (χ0n) is 64.6. The lowest BCUT2D eigenvalue weighted by Gasteiger charge is -2.48. The van der Waals surface area contributed by atoms with Gasteiger partial charge in [-0.25, -0.2) is 0 Å². The van der Waals surface area contributed by atoms with Crippen LogP contribution < -0.4 is 5.32 Å². The molecular weight excluding hydrogens is 1350 g/mol. The molecule has 0 aromatic carbocycles. The topological polar surface area (TPSA) is 307 Å². The van der Waals surface area contributed by atoms with E-state index in [0.717, 1.165) is 135 Å². The maximum atomic E-state index is 13.5. The van der Waals surface area contributed by atoms with Crippen LogP contribution in [0.2, 0.25) is 0 Å². The largest absolute Gasteiger partial charge is 0.394 e. The molecule has 19 heteroatoms. The van der Waals surface area contributed by atoms with Gasteiger partial charge in [-0.3, -0.25) is 4.79 Å². The van der Waals surface area contributed by atoms with Crippen molar-refractivity contribution in [3.05, 3.63) is 158 Å². The van der Waals surface area contributed by atoms with Crippen LogP contribution in [0, 0.1) is 0 Å². The quantitative estimate of drug-likeness (QED) is 0.0199. The van der Waals surface area contributed by atoms with E-state index in [-0.39, 0.29) is 18.9 Å². The number of hydrogen-bond donors (Lipinski definition) is 12. The standard InChI is InChI=1S/C87H143NO18/c1-3-5-7-9-11-13-15-17-19-21-23-25-26-27-28-29-30-31-32-33-34-35-36-37-38-39-40-41-42-43-44-45-47-49-51-53-55-57-59-61-63-65-75(93)88-70(71(92)64-62-60-58-56-54-52-50-48-46-24-22-20-18-16-14-12-10-8-6-4-2)69-101-85-81(99)78(96)83(73(67-90)103-85)106-87-82(100)79(97)84(74(68-91)104-87)105-86-80(98)77(95)76(94)72(66-89)102-86/h5,7,11,13,17,19,23,25,27-28,30-31,33-34,36-37,39-40,42-43,45,47,54,56,62,64,70-74,76-87,89-92,94-100H,3-4,6,8-10,12,14-16,18,20-22,24,26,29,32,35,38,41,44,46,48-53,55,57-61,63,65-69H2,1-2H3,(H,88,93)/b7-5-,13-11-,19-17-,25-23-,28-27-,31-30-,34-33-,37-36-,40-39-,43-42-,47-45-,56-54+,64-62+. The van der Waals surface area contributed by atoms with Gasteiger partial charge in [-0.1, -0.05) is 287 Å². The van der Waals surface area contributed by atoms with Crippen LogP contribution in [-0.2, 0) is 33.2 Å². The lowest BCUT2D eigenvalue weighted by Crippen LogP contribution is -2.66. The summed E-state index contributed by atoms with van der Waals surface area (Å²) in [6.07, 6.45) is 69.4. The summed E-state index contributed by atoms with van der Waals surface area (Å²) in [4.78, 5) is 13.5. The highest BCUT2D eigenvalue weighted by Crippen LogP contribution is 2.33. The third kappa shape index (κ3) is 44.3. The van der Waals surface area contributed by atoms with E-state index in [4.69, 9.17) is 28.4 Å². The second kappa shape index (κ2) is 65.2. The highest BCUT2D eigenvalue weighted by atomic mass is 16.8. The van der Waals surface area contributed by atoms with Crippen LogP contribution in [0.25, 0.3) is 0 Å². The predicted octanol–water partition coefficient (Wildman–Crippen LogP) is 14.0. The molecule has 3 rings (SSSR count). The molecule has 0 aromatic rings. The van der Waals surface area contributed by atoms with E-state index in [0.29, 0.717) is 12.8 Å². The molecule has 17 unspecified atom stereocenters. The molecule has 0 saturated carbocycles. The van der Waals surface area contributed by atoms with Gasteiger partial charge in [0, 0.05) is 6.42 Å². The van der Waals surface area contributed by atoms with E-state index in [9.17, 15) is 61.0 Å². The molecule has 0 radical (unpaired) electrons. The average molecular weight is 1490 g/mol. The molecule has 0 aromatic heterocycles. The minimum atomic E-state index is -1.99. The van der Waals surface area contributed by atoms with Gasteiger partial charge in [0.25, 0.3) is 0 Å². The minimum absolute atomic E-state index is 0.212. The van der Waals surface area contributed by atoms with E-state index < -0.39 is 124 Å². The van der Waals surface area contributed by atoms with Crippen LogP contribution >= 0.6 is 0 Å². The molecule has 3 aliphatic heterocycles. The van der Waals surface area contributed by atoms with Crippen molar-refractivity contribution in [2.24, 2.45) is 0 Å². The Kier molecular flexibility index (Phi) is 58.8. The molecule has 0 bridgehead atoms. The van der Waals surface area contributed by atoms with Crippen molar-refractivity contribution in [3.8, 4) is 0 Å². The first-order valence-electron chi connectivity index (χ1n) is 40.7. The van der Waals surface area contributed by atoms with Gasteiger partial charge < -0.3 is 89.9 Å². The molecule has 19 nitrogen and oxygen atoms in total. The number of aliphatic hydroxyl groups is 11. The molecule has 3 saturated heterocycles. The van der Waals surface area contributed by atoms with Crippen molar-refractivity contribution in [2.75, 3.05) is 26.4 Å². The number of hydrogen-bond acceptors (Lipinski definition) is 18. The predicted molar refractivity (Wildman–Crippen MR) is 424 cm³/mol. The Morgan fingerprint density at radius 1 is 0.349 bits per heavy atom. The van der Waals surface area contributed by atoms with E-state index in [1.165, 1.54) is 83.5 Å². The van der Waals surface area contributed by atoms with Gasteiger partial charge >= 0.3 is 0 Å². The first-order valence-corrected chi connectivity index (χ1v) is 40.7. The summed E-state index contributed by atoms with van der Waals surface area (Å²) in [6.45, 7) is 1.59. The Morgan fingerprint density at radius 2 is 0.660 bits per heavy atom. The van der Waals surface area contributed by atoms with E-state index >= 15 is 0 Å². The Hall–Kier alpha value is -4.59. The molecule has 3 fully saturated rings. The average Bonchev–Trinajstić information content (AvgIpc) is 0.780. The molecule has 12 N–H and O–H groups in total. The Bertz CT molecular complexity index is 2530. The summed E-state index contributed by atoms with van der Waals surface area (Å²) >= 11 is 0. The van der Waals surface area contributed by atoms with Gasteiger partial charge in [0.1, 0.15) is 73.2 Å². The number of amides is 1. The number of allylic oxidation sites excluding steroid dienone is 25. The highest BCUT2D eigenvalue weighted by Gasteiger charge is 2.54. The zero-order valence-corrected chi connectivity index (χ0v) is 64.6. The van der Waals surface area contributed by atoms with E-state index in [1.54, 1.807) is 6.08 Å². The van der Waals surface area contributed by atoms with Crippen LogP contribution in [0.1, 0.15) is 251 Å². The molecular formula is C87H143NO18. The minimum Gasteiger partial charge on any atom is -0.394 e. The molecule has 1 amide bonds. The van der Waals surface area contributed by atoms with Crippen LogP contribution in [0.15, 0.2) is 158 Å². The number of ether oxygens (including phenoxy) is 6. The van der Waals surface area contributed by atoms with Crippen molar-refractivity contribution < 1.29 is 89.4 Å². The molecule has 604 valence electrons. The van der Waals surface area contributed by atoms with Crippen molar-refractivity contribution in [1.82, 2.24) is 5.32 Å². The Labute approximate surface area is 637 Å². The molecule has 106 heavy (non-hydrogen) atoms. The van der Waals surface area contributed by atoms with E-state index in [2.05, 4.69) is 165 Å². The number of aliphatic hydroxyl groups excluding tert-OH is 11. The highest BCUT2D eigenvalue weighted by molar-refractivity contribution is 5.76. The monoisotopic (exact) mass is 1490 g/mol. The van der Waals surface area contributed by atoms with Crippen molar-refractivity contribution in [2.45, 2.75) is 356 Å². The Morgan fingerprint density at radius 3 is 1.06 bits per heavy atom. The normalized spacial score (nSPS) is 26.5. The molecule has 17 atom stereocenters. The van der Waals surface area contributed by atoms with Gasteiger partial charge in [-0.05, 0) is 116 Å². The van der Waals surface area contributed by atoms with Gasteiger partial charge in [0.2, 0.25) is 5.91 Å². The second-order valence-corrected chi connectivity index (χ2v) is 28.1. The first kappa shape index (κ1) is 95.6. The number of carbonyl (C=O) groups excluding carboxylic acids is 1. The number of rotatable bonds is 62. The third-order valence-corrected chi connectivity index (χ3v) is 19.1. The summed E-state index contributed by atoms with van der Waals surface area (Å²) in [5.74, 6) is -0.302. The second-order valence-electron chi connectivity index (χ2n) is 28.1. The number of carbonyl (C=O) groups is 1. The summed E-state index contributed by atoms with van der Waals surface area (Å²) in [5.41, 5.74) is 0. The van der Waals surface area contributed by atoms with Gasteiger partial charge in [0.15, 0.2) is 18.9 Å².